The third-order valence-corrected chi connectivity index (χ3v) is 5.47. The van der Waals surface area contributed by atoms with E-state index in [2.05, 4.69) is 21.8 Å². The first kappa shape index (κ1) is 18.2. The predicted octanol–water partition coefficient (Wildman–Crippen LogP) is 4.20. The Balaban J connectivity index is 1.47. The maximum absolute atomic E-state index is 12.4. The summed E-state index contributed by atoms with van der Waals surface area (Å²) in [6, 6.07) is 15.5. The normalized spacial score (nSPS) is 13.4. The van der Waals surface area contributed by atoms with E-state index < -0.39 is 18.1 Å². The van der Waals surface area contributed by atoms with Gasteiger partial charge in [-0.2, -0.15) is 0 Å². The Morgan fingerprint density at radius 1 is 1.11 bits per heavy atom. The predicted molar refractivity (Wildman–Crippen MR) is 105 cm³/mol. The Hall–Kier alpha value is -3.19. The molecule has 0 saturated carbocycles. The van der Waals surface area contributed by atoms with Crippen molar-refractivity contribution in [3.63, 3.8) is 0 Å². The summed E-state index contributed by atoms with van der Waals surface area (Å²) < 4.78 is 9.46. The molecule has 1 heterocycles. The van der Waals surface area contributed by atoms with Gasteiger partial charge in [-0.25, -0.2) is 9.17 Å². The van der Waals surface area contributed by atoms with Gasteiger partial charge in [0.2, 0.25) is 0 Å². The first-order valence-electron chi connectivity index (χ1n) is 8.86. The molecule has 3 aromatic rings. The molecule has 1 aliphatic carbocycles. The van der Waals surface area contributed by atoms with Crippen molar-refractivity contribution in [2.75, 3.05) is 6.61 Å². The molecule has 2 N–H and O–H groups in total. The highest BCUT2D eigenvalue weighted by Crippen LogP contribution is 2.44. The molecular weight excluding hydrogens is 376 g/mol. The Kier molecular flexibility index (Phi) is 5.08. The lowest BCUT2D eigenvalue weighted by Crippen LogP contribution is -2.31. The second-order valence-corrected chi connectivity index (χ2v) is 7.24. The summed E-state index contributed by atoms with van der Waals surface area (Å²) in [6.45, 7) is 0.182. The van der Waals surface area contributed by atoms with Crippen molar-refractivity contribution >= 4 is 23.6 Å². The third-order valence-electron chi connectivity index (χ3n) is 4.87. The molecule has 1 aromatic heterocycles. The molecule has 4 rings (SSSR count). The van der Waals surface area contributed by atoms with Crippen LogP contribution in [0.15, 0.2) is 60.1 Å². The van der Waals surface area contributed by atoms with Gasteiger partial charge >= 0.3 is 12.1 Å². The number of alkyl carbamates (subject to hydrolysis) is 1. The van der Waals surface area contributed by atoms with Gasteiger partial charge in [0.05, 0.1) is 12.5 Å². The summed E-state index contributed by atoms with van der Waals surface area (Å²) in [5.41, 5.74) is 5.21. The molecule has 0 radical (unpaired) electrons. The molecule has 2 aromatic carbocycles. The van der Waals surface area contributed by atoms with Crippen LogP contribution in [0.5, 0.6) is 0 Å². The van der Waals surface area contributed by atoms with Gasteiger partial charge in [-0.05, 0) is 33.8 Å². The lowest BCUT2D eigenvalue weighted by atomic mass is 9.98. The van der Waals surface area contributed by atoms with Crippen LogP contribution < -0.4 is 5.32 Å². The van der Waals surface area contributed by atoms with Gasteiger partial charge < -0.3 is 15.2 Å². The average Bonchev–Trinajstić information content (AvgIpc) is 3.32. The van der Waals surface area contributed by atoms with Crippen LogP contribution in [0.3, 0.4) is 0 Å². The zero-order valence-electron chi connectivity index (χ0n) is 14.9. The number of rotatable bonds is 6. The van der Waals surface area contributed by atoms with Gasteiger partial charge in [0.1, 0.15) is 6.61 Å². The van der Waals surface area contributed by atoms with E-state index in [1.54, 1.807) is 11.6 Å². The van der Waals surface area contributed by atoms with Crippen molar-refractivity contribution in [3.05, 3.63) is 76.8 Å². The molecule has 142 valence electrons. The Labute approximate surface area is 166 Å². The van der Waals surface area contributed by atoms with Crippen molar-refractivity contribution in [2.45, 2.75) is 18.4 Å². The largest absolute Gasteiger partial charge is 0.481 e. The lowest BCUT2D eigenvalue weighted by Gasteiger charge is -2.18. The van der Waals surface area contributed by atoms with Crippen LogP contribution in [0.1, 0.15) is 35.1 Å². The number of benzene rings is 2. The highest BCUT2D eigenvalue weighted by atomic mass is 32.1. The molecule has 7 heteroatoms. The van der Waals surface area contributed by atoms with Crippen molar-refractivity contribution in [2.24, 2.45) is 0 Å². The van der Waals surface area contributed by atoms with Gasteiger partial charge in [0, 0.05) is 23.1 Å². The lowest BCUT2D eigenvalue weighted by molar-refractivity contribution is -0.137. The van der Waals surface area contributed by atoms with Crippen molar-refractivity contribution < 1.29 is 19.4 Å². The number of carboxylic acid groups (broad SMARTS) is 1. The molecule has 1 aliphatic rings. The molecule has 1 amide bonds. The number of carboxylic acids is 1. The summed E-state index contributed by atoms with van der Waals surface area (Å²) in [6.07, 6.45) is 0.685. The number of hydrogen-bond donors (Lipinski definition) is 2. The number of aromatic nitrogens is 1. The van der Waals surface area contributed by atoms with Crippen molar-refractivity contribution in [3.8, 4) is 11.1 Å². The zero-order valence-corrected chi connectivity index (χ0v) is 15.7. The number of hydrogen-bond acceptors (Lipinski definition) is 5. The van der Waals surface area contributed by atoms with Crippen LogP contribution in [0, 0.1) is 0 Å². The third kappa shape index (κ3) is 3.61. The summed E-state index contributed by atoms with van der Waals surface area (Å²) in [4.78, 5) is 23.5. The number of carbonyl (C=O) groups excluding carboxylic acids is 1. The SMILES string of the molecule is O=C(O)CC(NC(=O)OCC1c2ccccc2-c2ccccc21)c1cnsc1. The minimum Gasteiger partial charge on any atom is -0.481 e. The van der Waals surface area contributed by atoms with Crippen molar-refractivity contribution in [1.29, 1.82) is 0 Å². The van der Waals surface area contributed by atoms with E-state index >= 15 is 0 Å². The minimum absolute atomic E-state index is 0.0427. The first-order valence-corrected chi connectivity index (χ1v) is 9.69. The van der Waals surface area contributed by atoms with Crippen LogP contribution in [-0.2, 0) is 9.53 Å². The summed E-state index contributed by atoms with van der Waals surface area (Å²) in [5.74, 6) is -1.05. The molecule has 0 spiro atoms. The number of fused-ring (bicyclic) bond motifs is 3. The Bertz CT molecular complexity index is 958. The maximum atomic E-state index is 12.4. The Morgan fingerprint density at radius 2 is 1.75 bits per heavy atom. The molecule has 0 saturated heterocycles. The molecule has 6 nitrogen and oxygen atoms in total. The standard InChI is InChI=1S/C21H18N2O4S/c24-20(25)9-19(13-10-22-28-12-13)23-21(26)27-11-18-16-7-3-1-5-14(16)15-6-2-4-8-17(15)18/h1-8,10,12,18-19H,9,11H2,(H,23,26)(H,24,25). The molecule has 28 heavy (non-hydrogen) atoms. The fourth-order valence-electron chi connectivity index (χ4n) is 3.59. The summed E-state index contributed by atoms with van der Waals surface area (Å²) in [5, 5.41) is 13.5. The number of amides is 1. The van der Waals surface area contributed by atoms with Crippen LogP contribution in [0.2, 0.25) is 0 Å². The maximum Gasteiger partial charge on any atom is 0.407 e. The number of nitrogens with zero attached hydrogens (tertiary/aromatic N) is 1. The van der Waals surface area contributed by atoms with Gasteiger partial charge in [0.25, 0.3) is 0 Å². The fourth-order valence-corrected chi connectivity index (χ4v) is 4.18. The molecule has 1 unspecified atom stereocenters. The second-order valence-electron chi connectivity index (χ2n) is 6.58. The minimum atomic E-state index is -1.00. The van der Waals surface area contributed by atoms with Gasteiger partial charge in [-0.15, -0.1) is 0 Å². The van der Waals surface area contributed by atoms with Crippen molar-refractivity contribution in [1.82, 2.24) is 9.69 Å². The number of carbonyl (C=O) groups is 2. The summed E-state index contributed by atoms with van der Waals surface area (Å²) in [7, 11) is 0. The van der Waals surface area contributed by atoms with E-state index in [0.29, 0.717) is 5.56 Å². The smallest absolute Gasteiger partial charge is 0.407 e. The Morgan fingerprint density at radius 3 is 2.32 bits per heavy atom. The topological polar surface area (TPSA) is 88.5 Å². The monoisotopic (exact) mass is 394 g/mol. The van der Waals surface area contributed by atoms with Crippen LogP contribution in [-0.4, -0.2) is 28.1 Å². The molecule has 0 fully saturated rings. The van der Waals surface area contributed by atoms with Crippen LogP contribution in [0.25, 0.3) is 11.1 Å². The quantitative estimate of drug-likeness (QED) is 0.654. The highest BCUT2D eigenvalue weighted by molar-refractivity contribution is 7.03. The second kappa shape index (κ2) is 7.82. The average molecular weight is 394 g/mol. The molecular formula is C21H18N2O4S. The van der Waals surface area contributed by atoms with Gasteiger partial charge in [0.15, 0.2) is 0 Å². The van der Waals surface area contributed by atoms with Crippen LogP contribution >= 0.6 is 11.5 Å². The van der Waals surface area contributed by atoms with Gasteiger partial charge in [-0.1, -0.05) is 48.5 Å². The fraction of sp³-hybridized carbons (Fsp3) is 0.190. The van der Waals surface area contributed by atoms with E-state index in [0.717, 1.165) is 22.3 Å². The van der Waals surface area contributed by atoms with E-state index in [1.807, 2.05) is 36.4 Å². The summed E-state index contributed by atoms with van der Waals surface area (Å²) >= 11 is 1.21. The van der Waals surface area contributed by atoms with Crippen LogP contribution in [0.4, 0.5) is 4.79 Å². The number of nitrogens with one attached hydrogen (secondary N) is 1. The van der Waals surface area contributed by atoms with E-state index in [4.69, 9.17) is 9.84 Å². The van der Waals surface area contributed by atoms with E-state index in [1.165, 1.54) is 11.5 Å². The number of ether oxygens (including phenoxy) is 1. The van der Waals surface area contributed by atoms with E-state index in [9.17, 15) is 9.59 Å². The van der Waals surface area contributed by atoms with Gasteiger partial charge in [-0.3, -0.25) is 4.79 Å². The van der Waals surface area contributed by atoms with E-state index in [-0.39, 0.29) is 18.9 Å². The number of aliphatic carboxylic acids is 1. The zero-order chi connectivity index (χ0) is 19.5. The molecule has 0 aliphatic heterocycles. The first-order chi connectivity index (χ1) is 13.6. The molecule has 1 atom stereocenters. The highest BCUT2D eigenvalue weighted by Gasteiger charge is 2.29. The molecule has 0 bridgehead atoms.